The summed E-state index contributed by atoms with van der Waals surface area (Å²) in [6.07, 6.45) is -2.88. The lowest BCUT2D eigenvalue weighted by molar-refractivity contribution is -0.142. The van der Waals surface area contributed by atoms with Gasteiger partial charge in [-0.05, 0) is 39.9 Å². The minimum Gasteiger partial charge on any atom is -0.479 e. The van der Waals surface area contributed by atoms with Crippen molar-refractivity contribution in [3.63, 3.8) is 0 Å². The van der Waals surface area contributed by atoms with Gasteiger partial charge in [-0.3, -0.25) is 5.32 Å². The first-order valence-electron chi connectivity index (χ1n) is 9.61. The number of aliphatic carboxylic acids is 1. The van der Waals surface area contributed by atoms with Crippen molar-refractivity contribution in [2.24, 2.45) is 0 Å². The zero-order valence-electron chi connectivity index (χ0n) is 16.0. The van der Waals surface area contributed by atoms with Crippen molar-refractivity contribution in [2.45, 2.75) is 18.5 Å². The summed E-state index contributed by atoms with van der Waals surface area (Å²) in [5, 5.41) is 11.3. The lowest BCUT2D eigenvalue weighted by Crippen LogP contribution is -2.19. The third kappa shape index (κ3) is 4.03. The Bertz CT molecular complexity index is 1050. The van der Waals surface area contributed by atoms with E-state index in [-0.39, 0.29) is 18.9 Å². The molecule has 0 aromatic heterocycles. The third-order valence-electron chi connectivity index (χ3n) is 5.20. The van der Waals surface area contributed by atoms with Gasteiger partial charge in [0.25, 0.3) is 0 Å². The van der Waals surface area contributed by atoms with Gasteiger partial charge in [-0.15, -0.1) is 0 Å². The number of alkyl halides is 1. The van der Waals surface area contributed by atoms with Crippen LogP contribution in [0.25, 0.3) is 11.1 Å². The van der Waals surface area contributed by atoms with Gasteiger partial charge in [0.2, 0.25) is 6.17 Å². The van der Waals surface area contributed by atoms with E-state index in [1.54, 1.807) is 18.2 Å². The van der Waals surface area contributed by atoms with E-state index in [9.17, 15) is 14.0 Å². The molecular formula is C24H20FNO4. The molecule has 4 rings (SSSR count). The Morgan fingerprint density at radius 3 is 2.23 bits per heavy atom. The molecule has 3 aromatic rings. The molecule has 30 heavy (non-hydrogen) atoms. The summed E-state index contributed by atoms with van der Waals surface area (Å²) >= 11 is 0. The van der Waals surface area contributed by atoms with E-state index < -0.39 is 18.2 Å². The zero-order chi connectivity index (χ0) is 21.1. The molecule has 1 unspecified atom stereocenters. The van der Waals surface area contributed by atoms with Gasteiger partial charge in [0.15, 0.2) is 0 Å². The zero-order valence-corrected chi connectivity index (χ0v) is 16.0. The summed E-state index contributed by atoms with van der Waals surface area (Å²) in [7, 11) is 0. The van der Waals surface area contributed by atoms with Crippen LogP contribution in [0.15, 0.2) is 72.8 Å². The fraction of sp³-hybridized carbons (Fsp3) is 0.167. The first-order valence-corrected chi connectivity index (χ1v) is 9.61. The summed E-state index contributed by atoms with van der Waals surface area (Å²) in [5.41, 5.74) is 5.43. The average molecular weight is 405 g/mol. The summed E-state index contributed by atoms with van der Waals surface area (Å²) in [6.45, 7) is 0.186. The van der Waals surface area contributed by atoms with Gasteiger partial charge in [0.05, 0.1) is 0 Å². The molecule has 1 aliphatic carbocycles. The van der Waals surface area contributed by atoms with Crippen LogP contribution in [0.4, 0.5) is 14.9 Å². The molecule has 1 atom stereocenters. The Labute approximate surface area is 173 Å². The van der Waals surface area contributed by atoms with E-state index in [2.05, 4.69) is 17.4 Å². The van der Waals surface area contributed by atoms with Crippen LogP contribution in [0.2, 0.25) is 0 Å². The second-order valence-electron chi connectivity index (χ2n) is 7.16. The number of nitrogens with one attached hydrogen (secondary N) is 1. The number of carboxylic acid groups (broad SMARTS) is 1. The number of hydrogen-bond acceptors (Lipinski definition) is 3. The maximum Gasteiger partial charge on any atom is 0.411 e. The van der Waals surface area contributed by atoms with Gasteiger partial charge in [-0.25, -0.2) is 14.0 Å². The molecule has 0 spiro atoms. The highest BCUT2D eigenvalue weighted by molar-refractivity contribution is 5.85. The van der Waals surface area contributed by atoms with Gasteiger partial charge in [0.1, 0.15) is 6.61 Å². The van der Waals surface area contributed by atoms with Gasteiger partial charge < -0.3 is 9.84 Å². The van der Waals surface area contributed by atoms with Crippen LogP contribution in [0.5, 0.6) is 0 Å². The fourth-order valence-corrected chi connectivity index (χ4v) is 3.82. The van der Waals surface area contributed by atoms with Gasteiger partial charge >= 0.3 is 12.1 Å². The maximum absolute atomic E-state index is 13.4. The van der Waals surface area contributed by atoms with E-state index in [0.29, 0.717) is 11.3 Å². The van der Waals surface area contributed by atoms with Gasteiger partial charge in [-0.1, -0.05) is 60.7 Å². The highest BCUT2D eigenvalue weighted by Crippen LogP contribution is 2.44. The molecule has 3 aromatic carbocycles. The van der Waals surface area contributed by atoms with Crippen LogP contribution in [-0.4, -0.2) is 29.9 Å². The summed E-state index contributed by atoms with van der Waals surface area (Å²) in [5.74, 6) is -1.55. The normalized spacial score (nSPS) is 13.2. The van der Waals surface area contributed by atoms with Crippen LogP contribution >= 0.6 is 0 Å². The van der Waals surface area contributed by atoms with Gasteiger partial charge in [-0.2, -0.15) is 0 Å². The third-order valence-corrected chi connectivity index (χ3v) is 5.20. The first kappa shape index (κ1) is 19.6. The number of carbonyl (C=O) groups is 2. The minimum absolute atomic E-state index is 0.0441. The number of benzene rings is 3. The molecule has 0 fully saturated rings. The smallest absolute Gasteiger partial charge is 0.411 e. The minimum atomic E-state index is -1.99. The number of anilines is 1. The van der Waals surface area contributed by atoms with Crippen LogP contribution in [0, 0.1) is 0 Å². The number of halogens is 1. The molecule has 0 radical (unpaired) electrons. The topological polar surface area (TPSA) is 75.6 Å². The number of fused-ring (bicyclic) bond motifs is 3. The van der Waals surface area contributed by atoms with Crippen LogP contribution in [0.3, 0.4) is 0 Å². The molecule has 0 saturated carbocycles. The van der Waals surface area contributed by atoms with Crippen LogP contribution < -0.4 is 5.32 Å². The molecule has 0 saturated heterocycles. The van der Waals surface area contributed by atoms with Crippen LogP contribution in [0.1, 0.15) is 22.6 Å². The van der Waals surface area contributed by atoms with Crippen LogP contribution in [-0.2, 0) is 16.0 Å². The van der Waals surface area contributed by atoms with E-state index in [4.69, 9.17) is 9.84 Å². The molecule has 0 heterocycles. The summed E-state index contributed by atoms with van der Waals surface area (Å²) < 4.78 is 18.9. The van der Waals surface area contributed by atoms with Crippen molar-refractivity contribution in [2.75, 3.05) is 11.9 Å². The second kappa shape index (κ2) is 8.37. The number of ether oxygens (including phenoxy) is 1. The average Bonchev–Trinajstić information content (AvgIpc) is 3.06. The van der Waals surface area contributed by atoms with Crippen molar-refractivity contribution in [3.05, 3.63) is 89.5 Å². The highest BCUT2D eigenvalue weighted by Gasteiger charge is 2.29. The lowest BCUT2D eigenvalue weighted by atomic mass is 9.98. The van der Waals surface area contributed by atoms with E-state index in [1.165, 1.54) is 6.07 Å². The van der Waals surface area contributed by atoms with Crippen molar-refractivity contribution in [1.82, 2.24) is 0 Å². The predicted octanol–water partition coefficient (Wildman–Crippen LogP) is 5.01. The molecule has 2 N–H and O–H groups in total. The fourth-order valence-electron chi connectivity index (χ4n) is 3.82. The Kier molecular flexibility index (Phi) is 5.48. The van der Waals surface area contributed by atoms with E-state index >= 15 is 0 Å². The summed E-state index contributed by atoms with van der Waals surface area (Å²) in [6, 6.07) is 22.6. The molecule has 6 heteroatoms. The van der Waals surface area contributed by atoms with Crippen molar-refractivity contribution in [1.29, 1.82) is 0 Å². The van der Waals surface area contributed by atoms with E-state index in [1.807, 2.05) is 36.4 Å². The second-order valence-corrected chi connectivity index (χ2v) is 7.16. The van der Waals surface area contributed by atoms with Crippen molar-refractivity contribution >= 4 is 17.7 Å². The SMILES string of the molecule is O=C(Nc1cccc(CC(F)C(=O)O)c1)OCC1c2ccccc2-c2ccccc21. The maximum atomic E-state index is 13.4. The molecule has 5 nitrogen and oxygen atoms in total. The Hall–Kier alpha value is -3.67. The predicted molar refractivity (Wildman–Crippen MR) is 111 cm³/mol. The Morgan fingerprint density at radius 2 is 1.60 bits per heavy atom. The monoisotopic (exact) mass is 405 g/mol. The number of rotatable bonds is 6. The molecule has 1 amide bonds. The lowest BCUT2D eigenvalue weighted by Gasteiger charge is -2.15. The number of hydrogen-bond donors (Lipinski definition) is 2. The molecule has 1 aliphatic rings. The largest absolute Gasteiger partial charge is 0.479 e. The van der Waals surface area contributed by atoms with Gasteiger partial charge in [0, 0.05) is 18.0 Å². The Morgan fingerprint density at radius 1 is 0.967 bits per heavy atom. The standard InChI is InChI=1S/C24H20FNO4/c25-22(23(27)28)13-15-6-5-7-16(12-15)26-24(29)30-14-21-19-10-3-1-8-17(19)18-9-2-4-11-20(18)21/h1-12,21-22H,13-14H2,(H,26,29)(H,27,28). The van der Waals surface area contributed by atoms with Crippen molar-refractivity contribution in [3.8, 4) is 11.1 Å². The van der Waals surface area contributed by atoms with Crippen molar-refractivity contribution < 1.29 is 23.8 Å². The number of carboxylic acids is 1. The molecule has 152 valence electrons. The summed E-state index contributed by atoms with van der Waals surface area (Å²) in [4.78, 5) is 23.0. The molecule has 0 bridgehead atoms. The quantitative estimate of drug-likeness (QED) is 0.604. The number of carbonyl (C=O) groups excluding carboxylic acids is 1. The molecule has 0 aliphatic heterocycles. The number of amides is 1. The van der Waals surface area contributed by atoms with E-state index in [0.717, 1.165) is 22.3 Å². The molecular weight excluding hydrogens is 385 g/mol. The first-order chi connectivity index (χ1) is 14.5. The highest BCUT2D eigenvalue weighted by atomic mass is 19.1. The Balaban J connectivity index is 1.42.